The summed E-state index contributed by atoms with van der Waals surface area (Å²) in [7, 11) is 1.88. The van der Waals surface area contributed by atoms with Gasteiger partial charge in [0.05, 0.1) is 35.0 Å². The van der Waals surface area contributed by atoms with Gasteiger partial charge in [0.15, 0.2) is 0 Å². The number of carbonyl (C=O) groups is 2. The van der Waals surface area contributed by atoms with Crippen LogP contribution in [0.3, 0.4) is 0 Å². The summed E-state index contributed by atoms with van der Waals surface area (Å²) in [4.78, 5) is 27.7. The number of aryl methyl sites for hydroxylation is 1. The van der Waals surface area contributed by atoms with Gasteiger partial charge in [-0.15, -0.1) is 0 Å². The standard InChI is InChI=1S/C16H13N5O2S/c1-20-7-11(6-18-20)8-21-9-17-12-3-2-10(4-13(12)21)5-14-15(22)19-16(23)24-14/h2-7,9H,8H2,1H3,(H,19,22,23). The van der Waals surface area contributed by atoms with Gasteiger partial charge in [-0.25, -0.2) is 4.98 Å². The Hall–Kier alpha value is -2.87. The van der Waals surface area contributed by atoms with Crippen molar-refractivity contribution >= 4 is 40.0 Å². The van der Waals surface area contributed by atoms with Gasteiger partial charge in [-0.05, 0) is 35.5 Å². The van der Waals surface area contributed by atoms with Gasteiger partial charge in [-0.2, -0.15) is 5.10 Å². The molecule has 7 nitrogen and oxygen atoms in total. The molecule has 8 heteroatoms. The van der Waals surface area contributed by atoms with Crippen molar-refractivity contribution in [3.63, 3.8) is 0 Å². The molecule has 2 aromatic heterocycles. The molecule has 1 N–H and O–H groups in total. The topological polar surface area (TPSA) is 81.8 Å². The maximum Gasteiger partial charge on any atom is 0.290 e. The summed E-state index contributed by atoms with van der Waals surface area (Å²) in [6, 6.07) is 5.75. The van der Waals surface area contributed by atoms with Crippen LogP contribution in [0, 0.1) is 0 Å². The number of thioether (sulfide) groups is 1. The van der Waals surface area contributed by atoms with Crippen LogP contribution >= 0.6 is 11.8 Å². The number of imide groups is 1. The van der Waals surface area contributed by atoms with Crippen molar-refractivity contribution in [1.29, 1.82) is 0 Å². The van der Waals surface area contributed by atoms with Crippen LogP contribution in [0.5, 0.6) is 0 Å². The first kappa shape index (κ1) is 14.7. The molecule has 0 radical (unpaired) electrons. The van der Waals surface area contributed by atoms with E-state index < -0.39 is 0 Å². The second kappa shape index (κ2) is 5.64. The van der Waals surface area contributed by atoms with Crippen molar-refractivity contribution in [2.75, 3.05) is 0 Å². The molecular formula is C16H13N5O2S. The van der Waals surface area contributed by atoms with Crippen LogP contribution in [0.2, 0.25) is 0 Å². The molecule has 1 aliphatic rings. The summed E-state index contributed by atoms with van der Waals surface area (Å²) in [6.07, 6.45) is 7.28. The predicted molar refractivity (Wildman–Crippen MR) is 91.1 cm³/mol. The smallest absolute Gasteiger partial charge is 0.290 e. The van der Waals surface area contributed by atoms with Gasteiger partial charge in [0.25, 0.3) is 11.1 Å². The molecule has 3 aromatic rings. The van der Waals surface area contributed by atoms with Gasteiger partial charge in [0.1, 0.15) is 0 Å². The van der Waals surface area contributed by atoms with Crippen LogP contribution in [0.1, 0.15) is 11.1 Å². The highest BCUT2D eigenvalue weighted by Crippen LogP contribution is 2.26. The number of fused-ring (bicyclic) bond motifs is 1. The SMILES string of the molecule is Cn1cc(Cn2cnc3ccc(C=C4SC(=O)NC4=O)cc32)cn1. The molecule has 0 saturated carbocycles. The molecule has 1 fully saturated rings. The Labute approximate surface area is 141 Å². The summed E-state index contributed by atoms with van der Waals surface area (Å²) in [6.45, 7) is 0.665. The van der Waals surface area contributed by atoms with Gasteiger partial charge in [-0.3, -0.25) is 19.6 Å². The lowest BCUT2D eigenvalue weighted by Crippen LogP contribution is -2.17. The van der Waals surface area contributed by atoms with Crippen LogP contribution in [-0.2, 0) is 18.4 Å². The molecule has 0 atom stereocenters. The molecule has 1 saturated heterocycles. The Morgan fingerprint density at radius 1 is 1.33 bits per heavy atom. The lowest BCUT2D eigenvalue weighted by molar-refractivity contribution is -0.115. The second-order valence-electron chi connectivity index (χ2n) is 5.50. The van der Waals surface area contributed by atoms with E-state index in [1.165, 1.54) is 0 Å². The van der Waals surface area contributed by atoms with E-state index >= 15 is 0 Å². The highest BCUT2D eigenvalue weighted by atomic mass is 32.2. The van der Waals surface area contributed by atoms with E-state index in [2.05, 4.69) is 15.4 Å². The average Bonchev–Trinajstić information content (AvgIpc) is 3.21. The third kappa shape index (κ3) is 2.71. The van der Waals surface area contributed by atoms with E-state index in [1.54, 1.807) is 17.1 Å². The predicted octanol–water partition coefficient (Wildman–Crippen LogP) is 2.14. The number of aromatic nitrogens is 4. The molecule has 24 heavy (non-hydrogen) atoms. The quantitative estimate of drug-likeness (QED) is 0.739. The van der Waals surface area contributed by atoms with Crippen molar-refractivity contribution < 1.29 is 9.59 Å². The lowest BCUT2D eigenvalue weighted by Gasteiger charge is -2.03. The number of carbonyl (C=O) groups excluding carboxylic acids is 2. The first-order valence-electron chi connectivity index (χ1n) is 7.26. The fourth-order valence-electron chi connectivity index (χ4n) is 2.61. The molecule has 1 aromatic carbocycles. The Kier molecular flexibility index (Phi) is 3.46. The number of nitrogens with zero attached hydrogens (tertiary/aromatic N) is 4. The monoisotopic (exact) mass is 339 g/mol. The maximum atomic E-state index is 11.7. The highest BCUT2D eigenvalue weighted by Gasteiger charge is 2.24. The van der Waals surface area contributed by atoms with Gasteiger partial charge >= 0.3 is 0 Å². The number of nitrogens with one attached hydrogen (secondary N) is 1. The first-order chi connectivity index (χ1) is 11.6. The average molecular weight is 339 g/mol. The van der Waals surface area contributed by atoms with Gasteiger partial charge < -0.3 is 4.57 Å². The maximum absolute atomic E-state index is 11.7. The molecule has 0 unspecified atom stereocenters. The minimum atomic E-state index is -0.353. The molecular weight excluding hydrogens is 326 g/mol. The zero-order valence-corrected chi connectivity index (χ0v) is 13.6. The van der Waals surface area contributed by atoms with E-state index in [0.717, 1.165) is 33.9 Å². The second-order valence-corrected chi connectivity index (χ2v) is 6.51. The molecule has 0 spiro atoms. The minimum Gasteiger partial charge on any atom is -0.326 e. The molecule has 1 aliphatic heterocycles. The normalized spacial score (nSPS) is 16.3. The minimum absolute atomic E-state index is 0.339. The van der Waals surface area contributed by atoms with Crippen molar-refractivity contribution in [3.05, 3.63) is 53.0 Å². The van der Waals surface area contributed by atoms with Crippen LogP contribution in [0.15, 0.2) is 41.8 Å². The largest absolute Gasteiger partial charge is 0.326 e. The third-order valence-corrected chi connectivity index (χ3v) is 4.51. The summed E-state index contributed by atoms with van der Waals surface area (Å²) in [5.41, 5.74) is 3.77. The van der Waals surface area contributed by atoms with E-state index in [-0.39, 0.29) is 11.1 Å². The van der Waals surface area contributed by atoms with Crippen LogP contribution in [0.4, 0.5) is 4.79 Å². The van der Waals surface area contributed by atoms with Crippen LogP contribution in [0.25, 0.3) is 17.1 Å². The van der Waals surface area contributed by atoms with E-state index in [9.17, 15) is 9.59 Å². The van der Waals surface area contributed by atoms with Crippen molar-refractivity contribution in [1.82, 2.24) is 24.6 Å². The highest BCUT2D eigenvalue weighted by molar-refractivity contribution is 8.18. The Balaban J connectivity index is 1.69. The van der Waals surface area contributed by atoms with E-state index in [1.807, 2.05) is 42.2 Å². The van der Waals surface area contributed by atoms with Crippen LogP contribution in [-0.4, -0.2) is 30.5 Å². The zero-order chi connectivity index (χ0) is 16.7. The molecule has 4 rings (SSSR count). The Morgan fingerprint density at radius 2 is 2.21 bits per heavy atom. The summed E-state index contributed by atoms with van der Waals surface area (Å²) in [5, 5.41) is 6.09. The van der Waals surface area contributed by atoms with Gasteiger partial charge in [0.2, 0.25) is 0 Å². The number of rotatable bonds is 3. The van der Waals surface area contributed by atoms with Crippen molar-refractivity contribution in [2.45, 2.75) is 6.54 Å². The molecule has 120 valence electrons. The Bertz CT molecular complexity index is 1000. The fourth-order valence-corrected chi connectivity index (χ4v) is 3.29. The Morgan fingerprint density at radius 3 is 2.92 bits per heavy atom. The number of hydrogen-bond donors (Lipinski definition) is 1. The van der Waals surface area contributed by atoms with Crippen molar-refractivity contribution in [3.8, 4) is 0 Å². The van der Waals surface area contributed by atoms with Gasteiger partial charge in [-0.1, -0.05) is 6.07 Å². The van der Waals surface area contributed by atoms with Crippen LogP contribution < -0.4 is 5.32 Å². The summed E-state index contributed by atoms with van der Waals surface area (Å²) in [5.74, 6) is -0.353. The lowest BCUT2D eigenvalue weighted by atomic mass is 10.2. The number of hydrogen-bond acceptors (Lipinski definition) is 5. The zero-order valence-electron chi connectivity index (χ0n) is 12.8. The van der Waals surface area contributed by atoms with E-state index in [4.69, 9.17) is 0 Å². The van der Waals surface area contributed by atoms with E-state index in [0.29, 0.717) is 11.4 Å². The first-order valence-corrected chi connectivity index (χ1v) is 8.07. The molecule has 3 heterocycles. The molecule has 0 bridgehead atoms. The molecule has 0 aliphatic carbocycles. The summed E-state index contributed by atoms with van der Waals surface area (Å²) < 4.78 is 3.79. The number of benzene rings is 1. The van der Waals surface area contributed by atoms with Crippen molar-refractivity contribution in [2.24, 2.45) is 7.05 Å². The summed E-state index contributed by atoms with van der Waals surface area (Å²) >= 11 is 0.914. The number of imidazole rings is 1. The van der Waals surface area contributed by atoms with Gasteiger partial charge in [0, 0.05) is 18.8 Å². The third-order valence-electron chi connectivity index (χ3n) is 3.70. The number of amides is 2. The fraction of sp³-hybridized carbons (Fsp3) is 0.125. The molecule has 2 amide bonds.